The average molecular weight is 867 g/mol. The molecule has 0 radical (unpaired) electrons. The monoisotopic (exact) mass is 867 g/mol. The summed E-state index contributed by atoms with van der Waals surface area (Å²) in [5.74, 6) is -0.985. The second-order valence-corrected chi connectivity index (χ2v) is 17.5. The fourth-order valence-electron chi connectivity index (χ4n) is 7.32. The summed E-state index contributed by atoms with van der Waals surface area (Å²) >= 11 is 0. The average Bonchev–Trinajstić information content (AvgIpc) is 3.27. The Morgan fingerprint density at radius 1 is 0.339 bits per heavy atom. The summed E-state index contributed by atoms with van der Waals surface area (Å²) in [6, 6.07) is 0. The Bertz CT molecular complexity index is 1130. The molecule has 0 amide bonds. The molecule has 0 saturated carbocycles. The van der Waals surface area contributed by atoms with Gasteiger partial charge in [0.25, 0.3) is 0 Å². The Morgan fingerprint density at radius 3 is 1.08 bits per heavy atom. The Balaban J connectivity index is 4.45. The van der Waals surface area contributed by atoms with Crippen LogP contribution in [0.25, 0.3) is 0 Å². The van der Waals surface area contributed by atoms with Gasteiger partial charge in [-0.2, -0.15) is 0 Å². The van der Waals surface area contributed by atoms with Crippen LogP contribution in [0.2, 0.25) is 0 Å². The summed E-state index contributed by atoms with van der Waals surface area (Å²) in [5, 5.41) is 0. The van der Waals surface area contributed by atoms with Crippen molar-refractivity contribution in [2.75, 3.05) is 13.2 Å². The van der Waals surface area contributed by atoms with E-state index < -0.39 is 6.10 Å². The van der Waals surface area contributed by atoms with Gasteiger partial charge in [0.2, 0.25) is 0 Å². The van der Waals surface area contributed by atoms with E-state index in [2.05, 4.69) is 75.5 Å². The van der Waals surface area contributed by atoms with Crippen LogP contribution in [0.3, 0.4) is 0 Å². The van der Waals surface area contributed by atoms with E-state index >= 15 is 0 Å². The molecule has 0 aromatic rings. The summed E-state index contributed by atoms with van der Waals surface area (Å²) in [6.45, 7) is 6.55. The maximum absolute atomic E-state index is 12.7. The fourth-order valence-corrected chi connectivity index (χ4v) is 7.32. The molecule has 1 atom stereocenters. The van der Waals surface area contributed by atoms with E-state index in [1.165, 1.54) is 141 Å². The zero-order valence-electron chi connectivity index (χ0n) is 40.9. The number of ether oxygens (including phenoxy) is 3. The third-order valence-corrected chi connectivity index (χ3v) is 11.3. The molecule has 6 nitrogen and oxygen atoms in total. The predicted molar refractivity (Wildman–Crippen MR) is 265 cm³/mol. The highest BCUT2D eigenvalue weighted by molar-refractivity contribution is 5.71. The Morgan fingerprint density at radius 2 is 0.677 bits per heavy atom. The van der Waals surface area contributed by atoms with Crippen molar-refractivity contribution in [1.82, 2.24) is 0 Å². The molecule has 0 bridgehead atoms. The third kappa shape index (κ3) is 48.1. The molecule has 0 rings (SSSR count). The van der Waals surface area contributed by atoms with Crippen molar-refractivity contribution in [1.29, 1.82) is 0 Å². The van der Waals surface area contributed by atoms with E-state index in [-0.39, 0.29) is 37.5 Å². The highest BCUT2D eigenvalue weighted by atomic mass is 16.6. The van der Waals surface area contributed by atoms with Crippen molar-refractivity contribution in [2.45, 2.75) is 264 Å². The van der Waals surface area contributed by atoms with Crippen LogP contribution in [0.1, 0.15) is 258 Å². The lowest BCUT2D eigenvalue weighted by molar-refractivity contribution is -0.166. The number of allylic oxidation sites excluding steroid dienone is 10. The number of rotatable bonds is 47. The predicted octanol–water partition coefficient (Wildman–Crippen LogP) is 17.3. The zero-order valence-corrected chi connectivity index (χ0v) is 40.9. The van der Waals surface area contributed by atoms with Crippen LogP contribution < -0.4 is 0 Å². The second kappa shape index (κ2) is 50.8. The first-order valence-electron chi connectivity index (χ1n) is 26.3. The minimum Gasteiger partial charge on any atom is -0.462 e. The molecule has 1 unspecified atom stereocenters. The topological polar surface area (TPSA) is 78.9 Å². The van der Waals surface area contributed by atoms with Crippen LogP contribution in [-0.2, 0) is 28.6 Å². The van der Waals surface area contributed by atoms with Gasteiger partial charge in [-0.15, -0.1) is 0 Å². The minimum atomic E-state index is -0.810. The van der Waals surface area contributed by atoms with Gasteiger partial charge in [0, 0.05) is 19.3 Å². The van der Waals surface area contributed by atoms with E-state index in [1.807, 2.05) is 6.08 Å². The van der Waals surface area contributed by atoms with Gasteiger partial charge in [0.1, 0.15) is 13.2 Å². The van der Waals surface area contributed by atoms with E-state index in [0.717, 1.165) is 70.6 Å². The van der Waals surface area contributed by atoms with Crippen molar-refractivity contribution in [3.8, 4) is 0 Å². The molecule has 6 heteroatoms. The van der Waals surface area contributed by atoms with Crippen molar-refractivity contribution >= 4 is 17.9 Å². The lowest BCUT2D eigenvalue weighted by Crippen LogP contribution is -2.30. The van der Waals surface area contributed by atoms with Gasteiger partial charge in [-0.3, -0.25) is 14.4 Å². The molecule has 0 fully saturated rings. The Kier molecular flexibility index (Phi) is 48.4. The summed E-state index contributed by atoms with van der Waals surface area (Å²) in [4.78, 5) is 37.9. The number of hydrogen-bond donors (Lipinski definition) is 0. The van der Waals surface area contributed by atoms with Crippen LogP contribution in [0.15, 0.2) is 60.8 Å². The zero-order chi connectivity index (χ0) is 45.1. The Hall–Kier alpha value is -2.89. The molecule has 0 aliphatic carbocycles. The van der Waals surface area contributed by atoms with Gasteiger partial charge in [-0.1, -0.05) is 236 Å². The van der Waals surface area contributed by atoms with Gasteiger partial charge in [-0.05, 0) is 64.2 Å². The number of carbonyl (C=O) groups excluding carboxylic acids is 3. The summed E-state index contributed by atoms with van der Waals surface area (Å²) in [7, 11) is 0. The van der Waals surface area contributed by atoms with Crippen molar-refractivity contribution < 1.29 is 28.6 Å². The first kappa shape index (κ1) is 59.1. The van der Waals surface area contributed by atoms with Gasteiger partial charge >= 0.3 is 17.9 Å². The molecule has 0 N–H and O–H groups in total. The molecular formula is C56H98O6. The third-order valence-electron chi connectivity index (χ3n) is 11.3. The van der Waals surface area contributed by atoms with Gasteiger partial charge in [0.15, 0.2) is 6.10 Å². The first-order valence-corrected chi connectivity index (χ1v) is 26.3. The molecule has 0 spiro atoms. The van der Waals surface area contributed by atoms with Crippen molar-refractivity contribution in [2.24, 2.45) is 0 Å². The van der Waals surface area contributed by atoms with Crippen LogP contribution >= 0.6 is 0 Å². The number of carbonyl (C=O) groups is 3. The van der Waals surface area contributed by atoms with E-state index in [4.69, 9.17) is 14.2 Å². The van der Waals surface area contributed by atoms with E-state index in [0.29, 0.717) is 19.3 Å². The van der Waals surface area contributed by atoms with Crippen LogP contribution in [0.4, 0.5) is 0 Å². The smallest absolute Gasteiger partial charge is 0.306 e. The molecule has 358 valence electrons. The summed E-state index contributed by atoms with van der Waals surface area (Å²) in [5.41, 5.74) is 0. The van der Waals surface area contributed by atoms with Gasteiger partial charge in [0.05, 0.1) is 0 Å². The maximum atomic E-state index is 12.7. The molecular weight excluding hydrogens is 769 g/mol. The van der Waals surface area contributed by atoms with E-state index in [9.17, 15) is 14.4 Å². The summed E-state index contributed by atoms with van der Waals surface area (Å²) < 4.78 is 16.7. The number of hydrogen-bond acceptors (Lipinski definition) is 6. The second-order valence-electron chi connectivity index (χ2n) is 17.5. The fraction of sp³-hybridized carbons (Fsp3) is 0.768. The van der Waals surface area contributed by atoms with Gasteiger partial charge < -0.3 is 14.2 Å². The Labute approximate surface area is 383 Å². The highest BCUT2D eigenvalue weighted by Gasteiger charge is 2.19. The van der Waals surface area contributed by atoms with Gasteiger partial charge in [-0.25, -0.2) is 0 Å². The van der Waals surface area contributed by atoms with Crippen LogP contribution in [0, 0.1) is 0 Å². The number of unbranched alkanes of at least 4 members (excludes halogenated alkanes) is 28. The standard InChI is InChI=1S/C56H98O6/c1-4-7-10-13-16-19-22-25-26-27-28-29-32-34-37-40-43-46-49-55(58)61-52-53(62-56(59)50-47-44-41-38-35-31-24-21-18-15-12-9-6-3)51-60-54(57)48-45-42-39-36-33-30-23-20-17-14-11-8-5-2/h22,25-29,31,35,41,44,53H,4-21,23-24,30,32-34,36-40,42-43,45-52H2,1-3H3/b25-22-,27-26-,29-28-,35-31-,44-41-. The maximum Gasteiger partial charge on any atom is 0.306 e. The minimum absolute atomic E-state index is 0.102. The lowest BCUT2D eigenvalue weighted by Gasteiger charge is -2.18. The molecule has 0 heterocycles. The highest BCUT2D eigenvalue weighted by Crippen LogP contribution is 2.14. The normalized spacial score (nSPS) is 12.5. The van der Waals surface area contributed by atoms with Crippen LogP contribution in [-0.4, -0.2) is 37.2 Å². The van der Waals surface area contributed by atoms with E-state index in [1.54, 1.807) is 0 Å². The molecule has 62 heavy (non-hydrogen) atoms. The summed E-state index contributed by atoms with van der Waals surface area (Å²) in [6.07, 6.45) is 62.1. The number of esters is 3. The molecule has 0 aromatic heterocycles. The molecule has 0 saturated heterocycles. The largest absolute Gasteiger partial charge is 0.462 e. The van der Waals surface area contributed by atoms with Crippen molar-refractivity contribution in [3.63, 3.8) is 0 Å². The van der Waals surface area contributed by atoms with Crippen molar-refractivity contribution in [3.05, 3.63) is 60.8 Å². The van der Waals surface area contributed by atoms with Crippen LogP contribution in [0.5, 0.6) is 0 Å². The molecule has 0 aliphatic heterocycles. The first-order chi connectivity index (χ1) is 30.5. The lowest BCUT2D eigenvalue weighted by atomic mass is 10.0. The SMILES string of the molecule is CCCCCCC\C=C/C=C\C=C/CCCCCCCC(=O)OCC(COC(=O)CCCCCCCCCCCCCCC)OC(=O)CC/C=C\C/C=C\CCCCCCCC. The molecule has 0 aromatic carbocycles. The quantitative estimate of drug-likeness (QED) is 0.0199. The molecule has 0 aliphatic rings.